The second-order valence-corrected chi connectivity index (χ2v) is 5.16. The largest absolute Gasteiger partial charge is 0.314 e. The molecule has 2 unspecified atom stereocenters. The summed E-state index contributed by atoms with van der Waals surface area (Å²) in [6, 6.07) is 1.41. The average Bonchev–Trinajstić information content (AvgIpc) is 2.62. The zero-order valence-electron chi connectivity index (χ0n) is 8.81. The lowest BCUT2D eigenvalue weighted by Crippen LogP contribution is -2.61. The van der Waals surface area contributed by atoms with Crippen LogP contribution in [0.4, 0.5) is 0 Å². The molecule has 1 aliphatic carbocycles. The summed E-state index contributed by atoms with van der Waals surface area (Å²) in [5.41, 5.74) is 0.677. The smallest absolute Gasteiger partial charge is 0.0352 e. The van der Waals surface area contributed by atoms with E-state index in [1.54, 1.807) is 0 Å². The van der Waals surface area contributed by atoms with Crippen LogP contribution in [0.3, 0.4) is 0 Å². The zero-order valence-corrected chi connectivity index (χ0v) is 8.81. The van der Waals surface area contributed by atoms with Gasteiger partial charge in [-0.1, -0.05) is 6.42 Å². The van der Waals surface area contributed by atoms with E-state index in [4.69, 9.17) is 0 Å². The monoisotopic (exact) mass is 195 g/mol. The van der Waals surface area contributed by atoms with Crippen molar-refractivity contribution in [3.05, 3.63) is 0 Å². The first-order valence-electron chi connectivity index (χ1n) is 6.08. The number of hydrogen-bond donors (Lipinski definition) is 3. The Morgan fingerprint density at radius 3 is 2.50 bits per heavy atom. The van der Waals surface area contributed by atoms with Gasteiger partial charge in [0.05, 0.1) is 0 Å². The molecule has 0 bridgehead atoms. The molecule has 3 rings (SSSR count). The Balaban J connectivity index is 1.70. The van der Waals surface area contributed by atoms with Crippen LogP contribution in [-0.4, -0.2) is 38.3 Å². The summed E-state index contributed by atoms with van der Waals surface area (Å²) in [5, 5.41) is 10.9. The fourth-order valence-electron chi connectivity index (χ4n) is 3.52. The van der Waals surface area contributed by atoms with Crippen LogP contribution in [-0.2, 0) is 0 Å². The van der Waals surface area contributed by atoms with E-state index in [1.807, 2.05) is 0 Å². The Bertz CT molecular complexity index is 207. The molecule has 0 aromatic carbocycles. The molecule has 1 saturated carbocycles. The number of piperazine rings is 1. The van der Waals surface area contributed by atoms with Crippen molar-refractivity contribution in [2.45, 2.75) is 37.8 Å². The van der Waals surface area contributed by atoms with Gasteiger partial charge in [-0.15, -0.1) is 0 Å². The third kappa shape index (κ3) is 1.30. The molecule has 0 amide bonds. The third-order valence-electron chi connectivity index (χ3n) is 4.47. The lowest BCUT2D eigenvalue weighted by Gasteiger charge is -2.47. The van der Waals surface area contributed by atoms with Crippen LogP contribution >= 0.6 is 0 Å². The molecule has 3 aliphatic rings. The van der Waals surface area contributed by atoms with Crippen LogP contribution in [0.2, 0.25) is 0 Å². The molecule has 0 radical (unpaired) electrons. The molecule has 1 spiro atoms. The Hall–Kier alpha value is -0.120. The van der Waals surface area contributed by atoms with Gasteiger partial charge in [-0.25, -0.2) is 0 Å². The molecule has 3 nitrogen and oxygen atoms in total. The maximum absolute atomic E-state index is 3.72. The molecule has 14 heavy (non-hydrogen) atoms. The quantitative estimate of drug-likeness (QED) is 0.554. The number of nitrogens with one attached hydrogen (secondary N) is 3. The van der Waals surface area contributed by atoms with Gasteiger partial charge in [-0.3, -0.25) is 0 Å². The highest BCUT2D eigenvalue weighted by Gasteiger charge is 2.49. The van der Waals surface area contributed by atoms with Gasteiger partial charge in [0.1, 0.15) is 0 Å². The van der Waals surface area contributed by atoms with Crippen LogP contribution in [0.1, 0.15) is 25.7 Å². The Labute approximate surface area is 86.0 Å². The molecular weight excluding hydrogens is 174 g/mol. The van der Waals surface area contributed by atoms with Crippen LogP contribution in [0.5, 0.6) is 0 Å². The first kappa shape index (κ1) is 9.13. The lowest BCUT2D eigenvalue weighted by atomic mass is 9.62. The maximum Gasteiger partial charge on any atom is 0.0352 e. The Morgan fingerprint density at radius 2 is 1.86 bits per heavy atom. The highest BCUT2D eigenvalue weighted by atomic mass is 15.1. The lowest BCUT2D eigenvalue weighted by molar-refractivity contribution is 0.0874. The van der Waals surface area contributed by atoms with Crippen LogP contribution in [0.15, 0.2) is 0 Å². The minimum absolute atomic E-state index is 0.673. The molecule has 2 aliphatic heterocycles. The van der Waals surface area contributed by atoms with E-state index in [-0.39, 0.29) is 0 Å². The summed E-state index contributed by atoms with van der Waals surface area (Å²) in [6.07, 6.45) is 5.79. The maximum atomic E-state index is 3.72. The van der Waals surface area contributed by atoms with Gasteiger partial charge in [-0.05, 0) is 31.2 Å². The highest BCUT2D eigenvalue weighted by molar-refractivity contribution is 5.07. The molecule has 3 fully saturated rings. The van der Waals surface area contributed by atoms with E-state index < -0.39 is 0 Å². The summed E-state index contributed by atoms with van der Waals surface area (Å²) in [7, 11) is 0. The number of rotatable bonds is 1. The van der Waals surface area contributed by atoms with Gasteiger partial charge < -0.3 is 16.0 Å². The molecule has 3 heteroatoms. The SMILES string of the molecule is C1CC2(C1)CCNC2C1CNCCN1. The van der Waals surface area contributed by atoms with Gasteiger partial charge in [-0.2, -0.15) is 0 Å². The van der Waals surface area contributed by atoms with Crippen LogP contribution in [0, 0.1) is 5.41 Å². The van der Waals surface area contributed by atoms with E-state index in [0.29, 0.717) is 11.5 Å². The van der Waals surface area contributed by atoms with Crippen molar-refractivity contribution in [2.75, 3.05) is 26.2 Å². The molecule has 0 aromatic heterocycles. The van der Waals surface area contributed by atoms with Crippen molar-refractivity contribution >= 4 is 0 Å². The van der Waals surface area contributed by atoms with E-state index in [1.165, 1.54) is 32.2 Å². The molecular formula is C11H21N3. The van der Waals surface area contributed by atoms with Crippen molar-refractivity contribution < 1.29 is 0 Å². The van der Waals surface area contributed by atoms with Gasteiger partial charge in [0.2, 0.25) is 0 Å². The van der Waals surface area contributed by atoms with Crippen molar-refractivity contribution in [1.82, 2.24) is 16.0 Å². The van der Waals surface area contributed by atoms with Gasteiger partial charge in [0.25, 0.3) is 0 Å². The van der Waals surface area contributed by atoms with Crippen molar-refractivity contribution in [3.8, 4) is 0 Å². The summed E-state index contributed by atoms with van der Waals surface area (Å²) >= 11 is 0. The van der Waals surface area contributed by atoms with Crippen molar-refractivity contribution in [2.24, 2.45) is 5.41 Å². The molecule has 2 heterocycles. The molecule has 0 aromatic rings. The minimum atomic E-state index is 0.673. The fraction of sp³-hybridized carbons (Fsp3) is 1.00. The molecule has 80 valence electrons. The molecule has 2 atom stereocenters. The fourth-order valence-corrected chi connectivity index (χ4v) is 3.52. The first-order chi connectivity index (χ1) is 6.91. The van der Waals surface area contributed by atoms with Crippen LogP contribution < -0.4 is 16.0 Å². The Morgan fingerprint density at radius 1 is 0.929 bits per heavy atom. The molecule has 2 saturated heterocycles. The summed E-state index contributed by atoms with van der Waals surface area (Å²) in [6.45, 7) is 4.66. The predicted octanol–water partition coefficient (Wildman–Crippen LogP) is 0.0800. The van der Waals surface area contributed by atoms with Crippen molar-refractivity contribution in [3.63, 3.8) is 0 Å². The zero-order chi connectivity index (χ0) is 9.43. The summed E-state index contributed by atoms with van der Waals surface area (Å²) in [4.78, 5) is 0. The number of hydrogen-bond acceptors (Lipinski definition) is 3. The predicted molar refractivity (Wildman–Crippen MR) is 57.4 cm³/mol. The molecule has 3 N–H and O–H groups in total. The normalized spacial score (nSPS) is 41.1. The van der Waals surface area contributed by atoms with Crippen LogP contribution in [0.25, 0.3) is 0 Å². The first-order valence-corrected chi connectivity index (χ1v) is 6.08. The van der Waals surface area contributed by atoms with Crippen molar-refractivity contribution in [1.29, 1.82) is 0 Å². The van der Waals surface area contributed by atoms with Gasteiger partial charge >= 0.3 is 0 Å². The average molecular weight is 195 g/mol. The highest BCUT2D eigenvalue weighted by Crippen LogP contribution is 2.50. The van der Waals surface area contributed by atoms with E-state index in [2.05, 4.69) is 16.0 Å². The minimum Gasteiger partial charge on any atom is -0.314 e. The van der Waals surface area contributed by atoms with E-state index >= 15 is 0 Å². The van der Waals surface area contributed by atoms with Gasteiger partial charge in [0, 0.05) is 31.7 Å². The van der Waals surface area contributed by atoms with E-state index in [0.717, 1.165) is 25.7 Å². The summed E-state index contributed by atoms with van der Waals surface area (Å²) < 4.78 is 0. The topological polar surface area (TPSA) is 36.1 Å². The second-order valence-electron chi connectivity index (χ2n) is 5.16. The standard InChI is InChI=1S/C11H21N3/c1-2-11(3-1)4-5-14-10(11)9-8-12-6-7-13-9/h9-10,12-14H,1-8H2. The second kappa shape index (κ2) is 3.47. The third-order valence-corrected chi connectivity index (χ3v) is 4.47. The summed E-state index contributed by atoms with van der Waals surface area (Å²) in [5.74, 6) is 0. The van der Waals surface area contributed by atoms with E-state index in [9.17, 15) is 0 Å². The Kier molecular flexibility index (Phi) is 2.26. The van der Waals surface area contributed by atoms with Gasteiger partial charge in [0.15, 0.2) is 0 Å².